The fourth-order valence-electron chi connectivity index (χ4n) is 2.79. The summed E-state index contributed by atoms with van der Waals surface area (Å²) in [6.07, 6.45) is 2.52. The third kappa shape index (κ3) is 2.14. The summed E-state index contributed by atoms with van der Waals surface area (Å²) < 4.78 is 2.11. The summed E-state index contributed by atoms with van der Waals surface area (Å²) in [5.74, 6) is 0.166. The van der Waals surface area contributed by atoms with E-state index in [4.69, 9.17) is 0 Å². The number of fused-ring (bicyclic) bond motifs is 1. The number of carbonyl (C=O) groups excluding carboxylic acids is 1. The Morgan fingerprint density at radius 3 is 2.55 bits per heavy atom. The number of Topliss-reactive ketones (excluding diaryl/α,β-unsaturated/α-hetero) is 1. The minimum Gasteiger partial charge on any atom is -0.350 e. The van der Waals surface area contributed by atoms with Crippen molar-refractivity contribution >= 4 is 16.7 Å². The van der Waals surface area contributed by atoms with E-state index >= 15 is 0 Å². The van der Waals surface area contributed by atoms with Crippen molar-refractivity contribution < 1.29 is 4.79 Å². The number of hydrogen-bond acceptors (Lipinski definition) is 1. The van der Waals surface area contributed by atoms with Gasteiger partial charge in [-0.2, -0.15) is 0 Å². The van der Waals surface area contributed by atoms with E-state index < -0.39 is 0 Å². The third-order valence-corrected chi connectivity index (χ3v) is 3.73. The molecule has 0 amide bonds. The average Bonchev–Trinajstić information content (AvgIpc) is 2.77. The van der Waals surface area contributed by atoms with Crippen molar-refractivity contribution in [2.45, 2.75) is 13.3 Å². The Bertz CT molecular complexity index is 769. The summed E-state index contributed by atoms with van der Waals surface area (Å²) in [5, 5.41) is 1.18. The van der Waals surface area contributed by atoms with Gasteiger partial charge in [0, 0.05) is 30.6 Å². The van der Waals surface area contributed by atoms with Gasteiger partial charge in [-0.05, 0) is 18.1 Å². The molecule has 100 valence electrons. The Morgan fingerprint density at radius 1 is 1.05 bits per heavy atom. The smallest absolute Gasteiger partial charge is 0.167 e. The molecule has 0 fully saturated rings. The zero-order chi connectivity index (χ0) is 14.1. The van der Waals surface area contributed by atoms with Crippen LogP contribution in [-0.2, 0) is 13.5 Å². The SMILES string of the molecule is Cc1cccc2c(CC(=O)c3ccccc3)cn(C)c12. The first-order valence-electron chi connectivity index (χ1n) is 6.78. The maximum Gasteiger partial charge on any atom is 0.167 e. The van der Waals surface area contributed by atoms with E-state index in [9.17, 15) is 4.79 Å². The zero-order valence-electron chi connectivity index (χ0n) is 11.8. The number of hydrogen-bond donors (Lipinski definition) is 0. The number of ketones is 1. The van der Waals surface area contributed by atoms with Crippen LogP contribution in [0.2, 0.25) is 0 Å². The van der Waals surface area contributed by atoms with Crippen LogP contribution in [0, 0.1) is 6.92 Å². The van der Waals surface area contributed by atoms with Crippen LogP contribution in [0.15, 0.2) is 54.7 Å². The summed E-state index contributed by atoms with van der Waals surface area (Å²) in [6, 6.07) is 15.7. The van der Waals surface area contributed by atoms with Gasteiger partial charge in [-0.15, -0.1) is 0 Å². The van der Waals surface area contributed by atoms with Gasteiger partial charge in [-0.1, -0.05) is 48.5 Å². The summed E-state index contributed by atoms with van der Waals surface area (Å²) in [5.41, 5.74) is 4.32. The molecule has 0 aliphatic carbocycles. The fourth-order valence-corrected chi connectivity index (χ4v) is 2.79. The molecule has 0 saturated carbocycles. The van der Waals surface area contributed by atoms with Gasteiger partial charge in [-0.25, -0.2) is 0 Å². The van der Waals surface area contributed by atoms with Crippen LogP contribution >= 0.6 is 0 Å². The van der Waals surface area contributed by atoms with E-state index in [0.717, 1.165) is 11.1 Å². The molecule has 0 saturated heterocycles. The highest BCUT2D eigenvalue weighted by Gasteiger charge is 2.12. The van der Waals surface area contributed by atoms with Crippen LogP contribution < -0.4 is 0 Å². The predicted octanol–water partition coefficient (Wildman–Crippen LogP) is 3.91. The van der Waals surface area contributed by atoms with Crippen molar-refractivity contribution in [1.29, 1.82) is 0 Å². The number of aryl methyl sites for hydroxylation is 2. The van der Waals surface area contributed by atoms with E-state index in [1.165, 1.54) is 16.5 Å². The molecule has 20 heavy (non-hydrogen) atoms. The molecule has 2 nitrogen and oxygen atoms in total. The molecule has 0 aliphatic rings. The van der Waals surface area contributed by atoms with Crippen LogP contribution in [0.1, 0.15) is 21.5 Å². The summed E-state index contributed by atoms with van der Waals surface area (Å²) in [7, 11) is 2.03. The second kappa shape index (κ2) is 4.97. The van der Waals surface area contributed by atoms with Crippen molar-refractivity contribution in [3.05, 3.63) is 71.4 Å². The summed E-state index contributed by atoms with van der Waals surface area (Å²) in [6.45, 7) is 2.10. The van der Waals surface area contributed by atoms with E-state index in [-0.39, 0.29) is 5.78 Å². The van der Waals surface area contributed by atoms with E-state index in [1.54, 1.807) is 0 Å². The van der Waals surface area contributed by atoms with Crippen molar-refractivity contribution in [3.63, 3.8) is 0 Å². The Balaban J connectivity index is 2.00. The lowest BCUT2D eigenvalue weighted by Gasteiger charge is -2.01. The lowest BCUT2D eigenvalue weighted by Crippen LogP contribution is -2.02. The van der Waals surface area contributed by atoms with E-state index in [1.807, 2.05) is 43.4 Å². The van der Waals surface area contributed by atoms with Crippen molar-refractivity contribution in [3.8, 4) is 0 Å². The normalized spacial score (nSPS) is 10.9. The topological polar surface area (TPSA) is 22.0 Å². The Hall–Kier alpha value is -2.35. The molecule has 1 aromatic heterocycles. The summed E-state index contributed by atoms with van der Waals surface area (Å²) in [4.78, 5) is 12.3. The van der Waals surface area contributed by atoms with E-state index in [2.05, 4.69) is 29.8 Å². The quantitative estimate of drug-likeness (QED) is 0.657. The van der Waals surface area contributed by atoms with Crippen molar-refractivity contribution in [2.24, 2.45) is 7.05 Å². The molecule has 0 unspecified atom stereocenters. The first kappa shape index (κ1) is 12.7. The molecule has 2 aromatic carbocycles. The number of benzene rings is 2. The number of carbonyl (C=O) groups is 1. The minimum absolute atomic E-state index is 0.166. The molecule has 0 N–H and O–H groups in total. The van der Waals surface area contributed by atoms with Crippen LogP contribution in [0.3, 0.4) is 0 Å². The molecular formula is C18H17NO. The third-order valence-electron chi connectivity index (χ3n) is 3.73. The van der Waals surface area contributed by atoms with Gasteiger partial charge >= 0.3 is 0 Å². The van der Waals surface area contributed by atoms with Crippen molar-refractivity contribution in [1.82, 2.24) is 4.57 Å². The van der Waals surface area contributed by atoms with Crippen molar-refractivity contribution in [2.75, 3.05) is 0 Å². The molecule has 0 aliphatic heterocycles. The first-order valence-corrected chi connectivity index (χ1v) is 6.78. The highest BCUT2D eigenvalue weighted by Crippen LogP contribution is 2.24. The highest BCUT2D eigenvalue weighted by atomic mass is 16.1. The molecule has 3 rings (SSSR count). The first-order chi connectivity index (χ1) is 9.66. The molecule has 3 aromatic rings. The van der Waals surface area contributed by atoms with Gasteiger partial charge in [-0.3, -0.25) is 4.79 Å². The maximum atomic E-state index is 12.3. The Morgan fingerprint density at radius 2 is 1.80 bits per heavy atom. The average molecular weight is 263 g/mol. The van der Waals surface area contributed by atoms with Gasteiger partial charge in [0.15, 0.2) is 5.78 Å². The Kier molecular flexibility index (Phi) is 3.15. The van der Waals surface area contributed by atoms with Crippen LogP contribution in [0.5, 0.6) is 0 Å². The monoisotopic (exact) mass is 263 g/mol. The molecule has 0 radical (unpaired) electrons. The van der Waals surface area contributed by atoms with Crippen LogP contribution in [0.4, 0.5) is 0 Å². The molecular weight excluding hydrogens is 246 g/mol. The molecule has 0 bridgehead atoms. The lowest BCUT2D eigenvalue weighted by molar-refractivity contribution is 0.0993. The minimum atomic E-state index is 0.166. The van der Waals surface area contributed by atoms with E-state index in [0.29, 0.717) is 6.42 Å². The second-order valence-electron chi connectivity index (χ2n) is 5.20. The molecule has 0 atom stereocenters. The van der Waals surface area contributed by atoms with Gasteiger partial charge in [0.25, 0.3) is 0 Å². The lowest BCUT2D eigenvalue weighted by atomic mass is 10.0. The number of aromatic nitrogens is 1. The summed E-state index contributed by atoms with van der Waals surface area (Å²) >= 11 is 0. The number of nitrogens with zero attached hydrogens (tertiary/aromatic N) is 1. The largest absolute Gasteiger partial charge is 0.350 e. The standard InChI is InChI=1S/C18H17NO/c1-13-7-6-10-16-15(12-19(2)18(13)16)11-17(20)14-8-4-3-5-9-14/h3-10,12H,11H2,1-2H3. The second-order valence-corrected chi connectivity index (χ2v) is 5.20. The molecule has 1 heterocycles. The molecule has 0 spiro atoms. The Labute approximate surface area is 118 Å². The number of para-hydroxylation sites is 1. The maximum absolute atomic E-state index is 12.3. The van der Waals surface area contributed by atoms with Gasteiger partial charge in [0.2, 0.25) is 0 Å². The fraction of sp³-hybridized carbons (Fsp3) is 0.167. The number of rotatable bonds is 3. The van der Waals surface area contributed by atoms with Crippen LogP contribution in [0.25, 0.3) is 10.9 Å². The van der Waals surface area contributed by atoms with Gasteiger partial charge < -0.3 is 4.57 Å². The van der Waals surface area contributed by atoms with Gasteiger partial charge in [0.1, 0.15) is 0 Å². The molecule has 2 heteroatoms. The highest BCUT2D eigenvalue weighted by molar-refractivity contribution is 6.00. The predicted molar refractivity (Wildman–Crippen MR) is 82.1 cm³/mol. The zero-order valence-corrected chi connectivity index (χ0v) is 11.8. The van der Waals surface area contributed by atoms with Gasteiger partial charge in [0.05, 0.1) is 5.52 Å². The van der Waals surface area contributed by atoms with Crippen LogP contribution in [-0.4, -0.2) is 10.4 Å².